The Morgan fingerprint density at radius 1 is 1.62 bits per heavy atom. The molecule has 3 nitrogen and oxygen atoms in total. The summed E-state index contributed by atoms with van der Waals surface area (Å²) in [5.41, 5.74) is 0. The maximum Gasteiger partial charge on any atom is 0.226 e. The number of nitrogens with zero attached hydrogens (tertiary/aromatic N) is 1. The van der Waals surface area contributed by atoms with Crippen LogP contribution in [0.15, 0.2) is 6.20 Å². The highest BCUT2D eigenvalue weighted by Crippen LogP contribution is 2.41. The van der Waals surface area contributed by atoms with Crippen LogP contribution < -0.4 is 5.32 Å². The van der Waals surface area contributed by atoms with Gasteiger partial charge in [-0.25, -0.2) is 4.98 Å². The molecule has 72 valence electrons. The second-order valence-corrected chi connectivity index (χ2v) is 5.52. The lowest BCUT2D eigenvalue weighted by Gasteiger charge is -2.04. The van der Waals surface area contributed by atoms with Crippen molar-refractivity contribution in [3.05, 3.63) is 11.1 Å². The van der Waals surface area contributed by atoms with Crippen LogP contribution >= 0.6 is 46.1 Å². The maximum absolute atomic E-state index is 10.6. The summed E-state index contributed by atoms with van der Waals surface area (Å²) in [6, 6.07) is 0. The van der Waals surface area contributed by atoms with E-state index in [1.807, 2.05) is 0 Å². The number of hydrogen-bond donors (Lipinski definition) is 1. The van der Waals surface area contributed by atoms with Gasteiger partial charge in [-0.05, 0) is 0 Å². The van der Waals surface area contributed by atoms with Gasteiger partial charge in [-0.3, -0.25) is 4.79 Å². The van der Waals surface area contributed by atoms with Crippen LogP contribution in [0.25, 0.3) is 0 Å². The molecule has 0 aliphatic rings. The minimum Gasteiger partial charge on any atom is -0.302 e. The molecule has 0 aliphatic carbocycles. The molecule has 0 unspecified atom stereocenters. The zero-order chi connectivity index (χ0) is 10.1. The molecule has 0 aromatic carbocycles. The van der Waals surface area contributed by atoms with Gasteiger partial charge in [0, 0.05) is 13.1 Å². The minimum atomic E-state index is -1.48. The fraction of sp³-hybridized carbons (Fsp3) is 0.333. The van der Waals surface area contributed by atoms with Gasteiger partial charge >= 0.3 is 0 Å². The molecule has 1 amide bonds. The Hall–Kier alpha value is -0.0300. The largest absolute Gasteiger partial charge is 0.302 e. The molecule has 1 rings (SSSR count). The van der Waals surface area contributed by atoms with Crippen molar-refractivity contribution >= 4 is 57.2 Å². The fourth-order valence-electron chi connectivity index (χ4n) is 0.614. The molecule has 0 aliphatic heterocycles. The van der Waals surface area contributed by atoms with Crippen molar-refractivity contribution in [2.45, 2.75) is 10.7 Å². The van der Waals surface area contributed by atoms with Gasteiger partial charge in [0.05, 0.1) is 4.88 Å². The van der Waals surface area contributed by atoms with Crippen LogP contribution in [0.5, 0.6) is 0 Å². The summed E-state index contributed by atoms with van der Waals surface area (Å²) in [5, 5.41) is 2.91. The average Bonchev–Trinajstić information content (AvgIpc) is 2.32. The monoisotopic (exact) mass is 258 g/mol. The molecule has 1 N–H and O–H groups in total. The van der Waals surface area contributed by atoms with Crippen molar-refractivity contribution in [2.24, 2.45) is 0 Å². The van der Waals surface area contributed by atoms with E-state index in [0.717, 1.165) is 11.3 Å². The van der Waals surface area contributed by atoms with E-state index in [1.54, 1.807) is 0 Å². The Morgan fingerprint density at radius 2 is 2.23 bits per heavy atom. The Kier molecular flexibility index (Phi) is 3.40. The maximum atomic E-state index is 10.6. The number of alkyl halides is 3. The van der Waals surface area contributed by atoms with E-state index in [9.17, 15) is 4.79 Å². The number of carbonyl (C=O) groups excluding carboxylic acids is 1. The third-order valence-corrected chi connectivity index (χ3v) is 3.05. The Bertz CT molecular complexity index is 320. The van der Waals surface area contributed by atoms with Crippen LogP contribution in [-0.2, 0) is 8.59 Å². The SMILES string of the molecule is CC(=O)Nc1ncc(C(Cl)(Cl)Cl)s1. The second kappa shape index (κ2) is 4.00. The van der Waals surface area contributed by atoms with E-state index >= 15 is 0 Å². The molecule has 0 bridgehead atoms. The Balaban J connectivity index is 2.81. The molecular formula is C6H5Cl3N2OS. The molecular weight excluding hydrogens is 255 g/mol. The molecule has 0 atom stereocenters. The Labute approximate surface area is 94.0 Å². The first-order chi connectivity index (χ1) is 5.89. The first-order valence-corrected chi connectivity index (χ1v) is 5.15. The predicted octanol–water partition coefficient (Wildman–Crippen LogP) is 2.93. The van der Waals surface area contributed by atoms with Gasteiger partial charge in [0.15, 0.2) is 5.13 Å². The highest BCUT2D eigenvalue weighted by Gasteiger charge is 2.25. The summed E-state index contributed by atoms with van der Waals surface area (Å²) < 4.78 is -1.48. The molecule has 0 radical (unpaired) electrons. The van der Waals surface area contributed by atoms with Crippen molar-refractivity contribution in [1.29, 1.82) is 0 Å². The van der Waals surface area contributed by atoms with E-state index in [1.165, 1.54) is 13.1 Å². The number of hydrogen-bond acceptors (Lipinski definition) is 3. The summed E-state index contributed by atoms with van der Waals surface area (Å²) in [6.45, 7) is 1.39. The summed E-state index contributed by atoms with van der Waals surface area (Å²) in [5.74, 6) is -0.204. The summed E-state index contributed by atoms with van der Waals surface area (Å²) >= 11 is 17.9. The second-order valence-electron chi connectivity index (χ2n) is 2.21. The zero-order valence-corrected chi connectivity index (χ0v) is 9.56. The number of halogens is 3. The normalized spacial score (nSPS) is 11.4. The van der Waals surface area contributed by atoms with E-state index in [0.29, 0.717) is 10.0 Å². The lowest BCUT2D eigenvalue weighted by atomic mass is 10.6. The lowest BCUT2D eigenvalue weighted by molar-refractivity contribution is -0.114. The first-order valence-electron chi connectivity index (χ1n) is 3.20. The third-order valence-electron chi connectivity index (χ3n) is 1.07. The predicted molar refractivity (Wildman–Crippen MR) is 55.7 cm³/mol. The van der Waals surface area contributed by atoms with Crippen LogP contribution in [0.1, 0.15) is 11.8 Å². The van der Waals surface area contributed by atoms with Gasteiger partial charge in [0.1, 0.15) is 0 Å². The van der Waals surface area contributed by atoms with E-state index in [2.05, 4.69) is 10.3 Å². The van der Waals surface area contributed by atoms with Gasteiger partial charge in [-0.15, -0.1) is 0 Å². The van der Waals surface area contributed by atoms with Gasteiger partial charge in [0.25, 0.3) is 0 Å². The summed E-state index contributed by atoms with van der Waals surface area (Å²) in [7, 11) is 0. The smallest absolute Gasteiger partial charge is 0.226 e. The van der Waals surface area contributed by atoms with Gasteiger partial charge in [0.2, 0.25) is 9.70 Å². The molecule has 0 saturated heterocycles. The molecule has 1 aromatic rings. The number of anilines is 1. The van der Waals surface area contributed by atoms with Crippen LogP contribution in [0.4, 0.5) is 5.13 Å². The molecule has 13 heavy (non-hydrogen) atoms. The van der Waals surface area contributed by atoms with Crippen molar-refractivity contribution in [1.82, 2.24) is 4.98 Å². The van der Waals surface area contributed by atoms with E-state index in [-0.39, 0.29) is 5.91 Å². The van der Waals surface area contributed by atoms with Crippen LogP contribution in [0.3, 0.4) is 0 Å². The van der Waals surface area contributed by atoms with Crippen LogP contribution in [0.2, 0.25) is 0 Å². The van der Waals surface area contributed by atoms with Crippen LogP contribution in [0, 0.1) is 0 Å². The highest BCUT2D eigenvalue weighted by atomic mass is 35.6. The number of rotatable bonds is 1. The van der Waals surface area contributed by atoms with E-state index in [4.69, 9.17) is 34.8 Å². The lowest BCUT2D eigenvalue weighted by Crippen LogP contribution is -2.04. The quantitative estimate of drug-likeness (QED) is 0.788. The summed E-state index contributed by atoms with van der Waals surface area (Å²) in [4.78, 5) is 15.0. The molecule has 1 aromatic heterocycles. The topological polar surface area (TPSA) is 42.0 Å². The number of amides is 1. The van der Waals surface area contributed by atoms with Crippen molar-refractivity contribution in [3.8, 4) is 0 Å². The Morgan fingerprint density at radius 3 is 2.62 bits per heavy atom. The minimum absolute atomic E-state index is 0.204. The van der Waals surface area contributed by atoms with Gasteiger partial charge in [-0.2, -0.15) is 0 Å². The molecule has 7 heteroatoms. The first kappa shape index (κ1) is 11.0. The van der Waals surface area contributed by atoms with Crippen molar-refractivity contribution in [3.63, 3.8) is 0 Å². The molecule has 0 saturated carbocycles. The molecule has 0 fully saturated rings. The number of nitrogens with one attached hydrogen (secondary N) is 1. The number of thiazole rings is 1. The molecule has 0 spiro atoms. The van der Waals surface area contributed by atoms with Gasteiger partial charge in [-0.1, -0.05) is 46.1 Å². The highest BCUT2D eigenvalue weighted by molar-refractivity contribution is 7.17. The van der Waals surface area contributed by atoms with Crippen molar-refractivity contribution in [2.75, 3.05) is 5.32 Å². The standard InChI is InChI=1S/C6H5Cl3N2OS/c1-3(12)11-5-10-2-4(13-5)6(7,8)9/h2H,1H3,(H,10,11,12). The van der Waals surface area contributed by atoms with E-state index < -0.39 is 3.79 Å². The van der Waals surface area contributed by atoms with Crippen LogP contribution in [-0.4, -0.2) is 10.9 Å². The zero-order valence-electron chi connectivity index (χ0n) is 6.47. The van der Waals surface area contributed by atoms with Crippen molar-refractivity contribution < 1.29 is 4.79 Å². The number of aromatic nitrogens is 1. The molecule has 1 heterocycles. The fourth-order valence-corrected chi connectivity index (χ4v) is 1.84. The number of carbonyl (C=O) groups is 1. The van der Waals surface area contributed by atoms with Gasteiger partial charge < -0.3 is 5.32 Å². The third kappa shape index (κ3) is 3.31. The summed E-state index contributed by atoms with van der Waals surface area (Å²) in [6.07, 6.45) is 1.42. The average molecular weight is 260 g/mol.